The second kappa shape index (κ2) is 8.71. The SMILES string of the molecule is Cc1nc2ccc(C(=O)N(C)Cc3c(C)nn(Cc4ccccc4Cl)c3C)cc2nc1C. The van der Waals surface area contributed by atoms with E-state index in [1.165, 1.54) is 0 Å². The molecule has 1 amide bonds. The minimum atomic E-state index is -0.0652. The Labute approximate surface area is 192 Å². The average Bonchev–Trinajstić information content (AvgIpc) is 3.02. The third kappa shape index (κ3) is 4.23. The molecular formula is C25H26ClN5O. The van der Waals surface area contributed by atoms with E-state index in [1.807, 2.05) is 81.9 Å². The van der Waals surface area contributed by atoms with Gasteiger partial charge in [0.05, 0.1) is 34.7 Å². The Hall–Kier alpha value is -3.25. The number of nitrogens with zero attached hydrogens (tertiary/aromatic N) is 5. The molecular weight excluding hydrogens is 422 g/mol. The molecule has 0 unspecified atom stereocenters. The van der Waals surface area contributed by atoms with E-state index >= 15 is 0 Å². The van der Waals surface area contributed by atoms with Gasteiger partial charge in [0.1, 0.15) is 0 Å². The number of carbonyl (C=O) groups is 1. The van der Waals surface area contributed by atoms with Crippen molar-refractivity contribution in [1.82, 2.24) is 24.6 Å². The fraction of sp³-hybridized carbons (Fsp3) is 0.280. The van der Waals surface area contributed by atoms with Crippen LogP contribution in [0.2, 0.25) is 5.02 Å². The van der Waals surface area contributed by atoms with Crippen molar-refractivity contribution >= 4 is 28.5 Å². The smallest absolute Gasteiger partial charge is 0.253 e. The molecule has 0 aliphatic heterocycles. The Balaban J connectivity index is 1.56. The summed E-state index contributed by atoms with van der Waals surface area (Å²) < 4.78 is 1.95. The van der Waals surface area contributed by atoms with Crippen molar-refractivity contribution in [3.8, 4) is 0 Å². The van der Waals surface area contributed by atoms with Gasteiger partial charge in [-0.2, -0.15) is 5.10 Å². The monoisotopic (exact) mass is 447 g/mol. The first-order valence-corrected chi connectivity index (χ1v) is 10.9. The summed E-state index contributed by atoms with van der Waals surface area (Å²) in [6.07, 6.45) is 0. The molecule has 2 heterocycles. The van der Waals surface area contributed by atoms with Crippen LogP contribution < -0.4 is 0 Å². The number of fused-ring (bicyclic) bond motifs is 1. The van der Waals surface area contributed by atoms with Crippen molar-refractivity contribution in [3.05, 3.63) is 87.0 Å². The van der Waals surface area contributed by atoms with Crippen molar-refractivity contribution in [1.29, 1.82) is 0 Å². The zero-order chi connectivity index (χ0) is 23.0. The minimum Gasteiger partial charge on any atom is -0.337 e. The van der Waals surface area contributed by atoms with Gasteiger partial charge in [-0.3, -0.25) is 9.48 Å². The van der Waals surface area contributed by atoms with Gasteiger partial charge in [0.15, 0.2) is 0 Å². The number of aryl methyl sites for hydroxylation is 3. The number of halogens is 1. The third-order valence-corrected chi connectivity index (χ3v) is 6.24. The Morgan fingerprint density at radius 1 is 0.969 bits per heavy atom. The largest absolute Gasteiger partial charge is 0.337 e. The highest BCUT2D eigenvalue weighted by molar-refractivity contribution is 6.31. The molecule has 0 bridgehead atoms. The molecule has 0 N–H and O–H groups in total. The lowest BCUT2D eigenvalue weighted by Crippen LogP contribution is -2.26. The fourth-order valence-electron chi connectivity index (χ4n) is 3.80. The van der Waals surface area contributed by atoms with Gasteiger partial charge in [-0.1, -0.05) is 29.8 Å². The van der Waals surface area contributed by atoms with Crippen LogP contribution in [0.5, 0.6) is 0 Å². The summed E-state index contributed by atoms with van der Waals surface area (Å²) in [5, 5.41) is 5.41. The number of amides is 1. The lowest BCUT2D eigenvalue weighted by Gasteiger charge is -2.18. The van der Waals surface area contributed by atoms with Crippen molar-refractivity contribution in [2.75, 3.05) is 7.05 Å². The van der Waals surface area contributed by atoms with Crippen molar-refractivity contribution in [2.45, 2.75) is 40.8 Å². The summed E-state index contributed by atoms with van der Waals surface area (Å²) in [6, 6.07) is 13.2. The molecule has 0 fully saturated rings. The van der Waals surface area contributed by atoms with Gasteiger partial charge < -0.3 is 4.90 Å². The third-order valence-electron chi connectivity index (χ3n) is 5.87. The summed E-state index contributed by atoms with van der Waals surface area (Å²) in [7, 11) is 1.81. The number of aromatic nitrogens is 4. The van der Waals surface area contributed by atoms with Crippen molar-refractivity contribution in [3.63, 3.8) is 0 Å². The number of benzene rings is 2. The van der Waals surface area contributed by atoms with Crippen LogP contribution in [0.15, 0.2) is 42.5 Å². The van der Waals surface area contributed by atoms with Gasteiger partial charge in [0.25, 0.3) is 5.91 Å². The van der Waals surface area contributed by atoms with E-state index < -0.39 is 0 Å². The summed E-state index contributed by atoms with van der Waals surface area (Å²) >= 11 is 6.32. The maximum Gasteiger partial charge on any atom is 0.253 e. The molecule has 0 spiro atoms. The molecule has 32 heavy (non-hydrogen) atoms. The zero-order valence-electron chi connectivity index (χ0n) is 19.0. The molecule has 0 aliphatic rings. The molecule has 2 aromatic heterocycles. The predicted molar refractivity (Wildman–Crippen MR) is 127 cm³/mol. The van der Waals surface area contributed by atoms with Crippen LogP contribution in [0.25, 0.3) is 11.0 Å². The lowest BCUT2D eigenvalue weighted by atomic mass is 10.1. The molecule has 7 heteroatoms. The standard InChI is InChI=1S/C25H26ClN5O/c1-15-16(2)28-24-12-19(10-11-23(24)27-15)25(32)30(5)14-21-17(3)29-31(18(21)4)13-20-8-6-7-9-22(20)26/h6-12H,13-14H2,1-5H3. The normalized spacial score (nSPS) is 11.2. The first-order valence-electron chi connectivity index (χ1n) is 10.5. The summed E-state index contributed by atoms with van der Waals surface area (Å²) in [5.74, 6) is -0.0652. The highest BCUT2D eigenvalue weighted by Crippen LogP contribution is 2.21. The lowest BCUT2D eigenvalue weighted by molar-refractivity contribution is 0.0785. The minimum absolute atomic E-state index is 0.0652. The molecule has 0 saturated carbocycles. The molecule has 6 nitrogen and oxygen atoms in total. The molecule has 4 rings (SSSR count). The summed E-state index contributed by atoms with van der Waals surface area (Å²) in [4.78, 5) is 24.0. The molecule has 4 aromatic rings. The maximum absolute atomic E-state index is 13.1. The van der Waals surface area contributed by atoms with Gasteiger partial charge in [-0.25, -0.2) is 9.97 Å². The van der Waals surface area contributed by atoms with Crippen molar-refractivity contribution in [2.24, 2.45) is 0 Å². The van der Waals surface area contributed by atoms with E-state index in [9.17, 15) is 4.79 Å². The van der Waals surface area contributed by atoms with E-state index in [1.54, 1.807) is 4.90 Å². The second-order valence-electron chi connectivity index (χ2n) is 8.16. The quantitative estimate of drug-likeness (QED) is 0.430. The first kappa shape index (κ1) is 22.0. The van der Waals surface area contributed by atoms with Crippen LogP contribution in [0.3, 0.4) is 0 Å². The van der Waals surface area contributed by atoms with E-state index in [-0.39, 0.29) is 5.91 Å². The van der Waals surface area contributed by atoms with Gasteiger partial charge in [-0.05, 0) is 57.5 Å². The molecule has 164 valence electrons. The van der Waals surface area contributed by atoms with Gasteiger partial charge >= 0.3 is 0 Å². The van der Waals surface area contributed by atoms with Gasteiger partial charge in [-0.15, -0.1) is 0 Å². The average molecular weight is 448 g/mol. The molecule has 0 atom stereocenters. The van der Waals surface area contributed by atoms with Gasteiger partial charge in [0.2, 0.25) is 0 Å². The highest BCUT2D eigenvalue weighted by atomic mass is 35.5. The molecule has 0 aliphatic carbocycles. The van der Waals surface area contributed by atoms with E-state index in [0.717, 1.165) is 50.0 Å². The van der Waals surface area contributed by atoms with Crippen LogP contribution >= 0.6 is 11.6 Å². The van der Waals surface area contributed by atoms with Crippen LogP contribution in [0.1, 0.15) is 44.3 Å². The van der Waals surface area contributed by atoms with Crippen LogP contribution in [-0.2, 0) is 13.1 Å². The summed E-state index contributed by atoms with van der Waals surface area (Å²) in [6.45, 7) is 8.92. The number of hydrogen-bond donors (Lipinski definition) is 0. The van der Waals surface area contributed by atoms with E-state index in [2.05, 4.69) is 9.97 Å². The Morgan fingerprint density at radius 3 is 2.38 bits per heavy atom. The number of carbonyl (C=O) groups excluding carboxylic acids is 1. The number of hydrogen-bond acceptors (Lipinski definition) is 4. The van der Waals surface area contributed by atoms with Crippen LogP contribution in [0.4, 0.5) is 0 Å². The molecule has 2 aromatic carbocycles. The number of rotatable bonds is 5. The highest BCUT2D eigenvalue weighted by Gasteiger charge is 2.19. The Morgan fingerprint density at radius 2 is 1.66 bits per heavy atom. The Bertz CT molecular complexity index is 1330. The van der Waals surface area contributed by atoms with Crippen molar-refractivity contribution < 1.29 is 4.79 Å². The van der Waals surface area contributed by atoms with Gasteiger partial charge in [0, 0.05) is 35.4 Å². The van der Waals surface area contributed by atoms with Crippen LogP contribution in [-0.4, -0.2) is 37.6 Å². The first-order chi connectivity index (χ1) is 15.2. The Kier molecular flexibility index (Phi) is 5.98. The topological polar surface area (TPSA) is 63.9 Å². The van der Waals surface area contributed by atoms with E-state index in [4.69, 9.17) is 16.7 Å². The predicted octanol–water partition coefficient (Wildman–Crippen LogP) is 5.03. The maximum atomic E-state index is 13.1. The summed E-state index contributed by atoms with van der Waals surface area (Å²) in [5.41, 5.74) is 7.87. The van der Waals surface area contributed by atoms with Crippen LogP contribution in [0, 0.1) is 27.7 Å². The second-order valence-corrected chi connectivity index (χ2v) is 8.56. The zero-order valence-corrected chi connectivity index (χ0v) is 19.7. The van der Waals surface area contributed by atoms with E-state index in [0.29, 0.717) is 18.7 Å². The molecule has 0 saturated heterocycles. The molecule has 0 radical (unpaired) electrons. The fourth-order valence-corrected chi connectivity index (χ4v) is 3.99.